The molecule has 3 N–H and O–H groups in total. The number of nitrogens with one attached hydrogen (secondary N) is 2. The van der Waals surface area contributed by atoms with E-state index in [9.17, 15) is 4.79 Å². The van der Waals surface area contributed by atoms with Gasteiger partial charge in [0.2, 0.25) is 0 Å². The van der Waals surface area contributed by atoms with Crippen LogP contribution < -0.4 is 10.6 Å². The Bertz CT molecular complexity index is 218. The molecule has 1 aliphatic carbocycles. The molecule has 0 unspecified atom stereocenters. The maximum atomic E-state index is 11.4. The second kappa shape index (κ2) is 10.1. The summed E-state index contributed by atoms with van der Waals surface area (Å²) in [7, 11) is 0. The average molecular weight is 258 g/mol. The Hall–Kier alpha value is -0.810. The monoisotopic (exact) mass is 258 g/mol. The number of aliphatic hydroxyl groups is 1. The van der Waals surface area contributed by atoms with Crippen LogP contribution in [0.5, 0.6) is 0 Å². The van der Waals surface area contributed by atoms with Crippen molar-refractivity contribution in [2.24, 2.45) is 5.92 Å². The predicted octanol–water partition coefficient (Wildman–Crippen LogP) is 1.26. The molecule has 0 heterocycles. The van der Waals surface area contributed by atoms with E-state index < -0.39 is 0 Å². The number of ether oxygens (including phenoxy) is 1. The summed E-state index contributed by atoms with van der Waals surface area (Å²) in [6.07, 6.45) is 7.79. The molecule has 5 nitrogen and oxygen atoms in total. The van der Waals surface area contributed by atoms with E-state index in [0.717, 1.165) is 18.9 Å². The van der Waals surface area contributed by atoms with Crippen molar-refractivity contribution in [3.05, 3.63) is 0 Å². The highest BCUT2D eigenvalue weighted by Crippen LogP contribution is 2.25. The summed E-state index contributed by atoms with van der Waals surface area (Å²) in [4.78, 5) is 11.4. The van der Waals surface area contributed by atoms with Crippen molar-refractivity contribution >= 4 is 6.03 Å². The van der Waals surface area contributed by atoms with E-state index in [4.69, 9.17) is 9.84 Å². The first-order chi connectivity index (χ1) is 8.83. The fourth-order valence-electron chi connectivity index (χ4n) is 2.33. The van der Waals surface area contributed by atoms with Crippen LogP contribution in [0, 0.1) is 5.92 Å². The molecule has 1 saturated carbocycles. The van der Waals surface area contributed by atoms with Crippen LogP contribution in [0.15, 0.2) is 0 Å². The molecule has 0 aromatic heterocycles. The minimum absolute atomic E-state index is 0.0214. The minimum atomic E-state index is -0.126. The van der Waals surface area contributed by atoms with Gasteiger partial charge in [-0.2, -0.15) is 0 Å². The van der Waals surface area contributed by atoms with Crippen molar-refractivity contribution in [1.82, 2.24) is 10.6 Å². The minimum Gasteiger partial charge on any atom is -0.394 e. The third-order valence-electron chi connectivity index (χ3n) is 3.33. The summed E-state index contributed by atoms with van der Waals surface area (Å²) < 4.78 is 5.04. The molecule has 106 valence electrons. The van der Waals surface area contributed by atoms with Crippen LogP contribution in [0.2, 0.25) is 0 Å². The van der Waals surface area contributed by atoms with E-state index in [1.165, 1.54) is 32.1 Å². The quantitative estimate of drug-likeness (QED) is 0.574. The summed E-state index contributed by atoms with van der Waals surface area (Å²) in [5, 5.41) is 14.1. The molecule has 0 spiro atoms. The number of urea groups is 1. The third-order valence-corrected chi connectivity index (χ3v) is 3.33. The van der Waals surface area contributed by atoms with Gasteiger partial charge in [-0.05, 0) is 12.3 Å². The fourth-order valence-corrected chi connectivity index (χ4v) is 2.33. The summed E-state index contributed by atoms with van der Waals surface area (Å²) in [6, 6.07) is -0.126. The molecule has 0 aromatic carbocycles. The van der Waals surface area contributed by atoms with Gasteiger partial charge in [0.15, 0.2) is 0 Å². The molecule has 1 rings (SSSR count). The van der Waals surface area contributed by atoms with Gasteiger partial charge >= 0.3 is 6.03 Å². The van der Waals surface area contributed by atoms with Crippen LogP contribution >= 0.6 is 0 Å². The van der Waals surface area contributed by atoms with Gasteiger partial charge < -0.3 is 20.5 Å². The summed E-state index contributed by atoms with van der Waals surface area (Å²) in [5.74, 6) is 0.798. The highest BCUT2D eigenvalue weighted by atomic mass is 16.5. The number of hydrogen-bond acceptors (Lipinski definition) is 3. The lowest BCUT2D eigenvalue weighted by Gasteiger charge is -2.21. The average Bonchev–Trinajstić information content (AvgIpc) is 2.40. The van der Waals surface area contributed by atoms with Crippen LogP contribution in [0.25, 0.3) is 0 Å². The molecule has 0 atom stereocenters. The second-order valence-electron chi connectivity index (χ2n) is 4.81. The van der Waals surface area contributed by atoms with E-state index in [0.29, 0.717) is 19.8 Å². The molecular formula is C13H26N2O3. The molecule has 0 bridgehead atoms. The molecule has 5 heteroatoms. The Kier molecular flexibility index (Phi) is 8.59. The number of carbonyl (C=O) groups is 1. The van der Waals surface area contributed by atoms with E-state index >= 15 is 0 Å². The lowest BCUT2D eigenvalue weighted by atomic mass is 9.87. The molecule has 2 amide bonds. The standard InChI is InChI=1S/C13H26N2O3/c16-9-11-18-10-8-15-13(17)14-7-6-12-4-2-1-3-5-12/h12,16H,1-11H2,(H2,14,15,17). The molecule has 0 saturated heterocycles. The zero-order chi connectivity index (χ0) is 13.1. The van der Waals surface area contributed by atoms with Crippen molar-refractivity contribution in [2.45, 2.75) is 38.5 Å². The lowest BCUT2D eigenvalue weighted by Crippen LogP contribution is -2.38. The zero-order valence-electron chi connectivity index (χ0n) is 11.1. The number of amides is 2. The Labute approximate surface area is 109 Å². The smallest absolute Gasteiger partial charge is 0.314 e. The summed E-state index contributed by atoms with van der Waals surface area (Å²) >= 11 is 0. The van der Waals surface area contributed by atoms with Crippen molar-refractivity contribution in [3.63, 3.8) is 0 Å². The highest BCUT2D eigenvalue weighted by Gasteiger charge is 2.12. The van der Waals surface area contributed by atoms with Gasteiger partial charge in [-0.3, -0.25) is 0 Å². The Morgan fingerprint density at radius 2 is 1.83 bits per heavy atom. The fraction of sp³-hybridized carbons (Fsp3) is 0.923. The van der Waals surface area contributed by atoms with Gasteiger partial charge in [-0.25, -0.2) is 4.79 Å². The molecule has 0 radical (unpaired) electrons. The van der Waals surface area contributed by atoms with Gasteiger partial charge in [-0.1, -0.05) is 32.1 Å². The summed E-state index contributed by atoms with van der Waals surface area (Å²) in [6.45, 7) is 2.03. The number of aliphatic hydroxyl groups excluding tert-OH is 1. The number of hydrogen-bond donors (Lipinski definition) is 3. The Morgan fingerprint density at radius 1 is 1.11 bits per heavy atom. The first-order valence-electron chi connectivity index (χ1n) is 7.03. The van der Waals surface area contributed by atoms with Crippen LogP contribution in [0.3, 0.4) is 0 Å². The van der Waals surface area contributed by atoms with Gasteiger partial charge in [-0.15, -0.1) is 0 Å². The van der Waals surface area contributed by atoms with Crippen molar-refractivity contribution in [1.29, 1.82) is 0 Å². The van der Waals surface area contributed by atoms with Gasteiger partial charge in [0.25, 0.3) is 0 Å². The van der Waals surface area contributed by atoms with Crippen LogP contribution in [-0.4, -0.2) is 44.0 Å². The predicted molar refractivity (Wildman–Crippen MR) is 70.5 cm³/mol. The van der Waals surface area contributed by atoms with Crippen LogP contribution in [-0.2, 0) is 4.74 Å². The van der Waals surface area contributed by atoms with Gasteiger partial charge in [0, 0.05) is 13.1 Å². The van der Waals surface area contributed by atoms with Gasteiger partial charge in [0.1, 0.15) is 0 Å². The topological polar surface area (TPSA) is 70.6 Å². The largest absolute Gasteiger partial charge is 0.394 e. The zero-order valence-corrected chi connectivity index (χ0v) is 11.1. The van der Waals surface area contributed by atoms with Crippen molar-refractivity contribution < 1.29 is 14.6 Å². The van der Waals surface area contributed by atoms with Gasteiger partial charge in [0.05, 0.1) is 19.8 Å². The lowest BCUT2D eigenvalue weighted by molar-refractivity contribution is 0.0947. The number of rotatable bonds is 8. The molecule has 18 heavy (non-hydrogen) atoms. The van der Waals surface area contributed by atoms with E-state index in [-0.39, 0.29) is 12.6 Å². The van der Waals surface area contributed by atoms with Crippen molar-refractivity contribution in [2.75, 3.05) is 32.9 Å². The molecule has 1 aliphatic rings. The third kappa shape index (κ3) is 7.50. The van der Waals surface area contributed by atoms with E-state index in [1.807, 2.05) is 0 Å². The van der Waals surface area contributed by atoms with Crippen LogP contribution in [0.4, 0.5) is 4.79 Å². The Balaban J connectivity index is 1.89. The maximum absolute atomic E-state index is 11.4. The highest BCUT2D eigenvalue weighted by molar-refractivity contribution is 5.73. The second-order valence-corrected chi connectivity index (χ2v) is 4.81. The van der Waals surface area contributed by atoms with E-state index in [2.05, 4.69) is 10.6 Å². The number of carbonyl (C=O) groups excluding carboxylic acids is 1. The molecule has 1 fully saturated rings. The summed E-state index contributed by atoms with van der Waals surface area (Å²) in [5.41, 5.74) is 0. The first-order valence-corrected chi connectivity index (χ1v) is 7.03. The SMILES string of the molecule is O=C(NCCOCCO)NCCC1CCCCC1. The molecule has 0 aliphatic heterocycles. The normalized spacial score (nSPS) is 16.5. The maximum Gasteiger partial charge on any atom is 0.314 e. The van der Waals surface area contributed by atoms with E-state index in [1.54, 1.807) is 0 Å². The molecule has 0 aromatic rings. The first kappa shape index (κ1) is 15.2. The van der Waals surface area contributed by atoms with Crippen LogP contribution in [0.1, 0.15) is 38.5 Å². The Morgan fingerprint density at radius 3 is 2.56 bits per heavy atom. The van der Waals surface area contributed by atoms with Crippen molar-refractivity contribution in [3.8, 4) is 0 Å². The molecular weight excluding hydrogens is 232 g/mol.